The number of anilines is 4. The summed E-state index contributed by atoms with van der Waals surface area (Å²) in [6.45, 7) is 1.94. The lowest BCUT2D eigenvalue weighted by Crippen LogP contribution is -2.19. The van der Waals surface area contributed by atoms with Crippen LogP contribution in [-0.2, 0) is 4.74 Å². The zero-order chi connectivity index (χ0) is 39.9. The van der Waals surface area contributed by atoms with Crippen LogP contribution in [0.3, 0.4) is 0 Å². The van der Waals surface area contributed by atoms with Crippen LogP contribution in [0, 0.1) is 0 Å². The Morgan fingerprint density at radius 3 is 1.11 bits per heavy atom. The van der Waals surface area contributed by atoms with Crippen LogP contribution in [0.25, 0.3) is 0 Å². The van der Waals surface area contributed by atoms with Gasteiger partial charge in [-0.2, -0.15) is 0 Å². The summed E-state index contributed by atoms with van der Waals surface area (Å²) in [6, 6.07) is 43.3. The molecule has 6 rings (SSSR count). The van der Waals surface area contributed by atoms with E-state index in [4.69, 9.17) is 4.74 Å². The van der Waals surface area contributed by atoms with Crippen molar-refractivity contribution in [3.8, 4) is 0 Å². The standard InChI is InChI=1S/C23H20N2O4.C21H16N2O4/c1-2-29-23(28)18-13-7-9-15-20(18)25-22(27)17-12-6-8-14-19(17)24-21(26)16-10-4-3-5-11-16;24-19(14-8-2-1-3-9-14)22-17-12-6-4-10-15(17)20(25)23-18-13-7-5-11-16(18)21(26)27/h3-15H,2H2,1H3,(H,24,26)(H,25,27);1-13H,(H,22,24)(H,23,25)(H,26,27). The van der Waals surface area contributed by atoms with Crippen molar-refractivity contribution < 1.29 is 38.6 Å². The SMILES string of the molecule is CCOC(=O)c1ccccc1NC(=O)c1ccccc1NC(=O)c1ccccc1.O=C(Nc1ccccc1C(=O)Nc1ccccc1C(=O)O)c1ccccc1. The fourth-order valence-corrected chi connectivity index (χ4v) is 5.29. The normalized spacial score (nSPS) is 10.1. The molecule has 56 heavy (non-hydrogen) atoms. The van der Waals surface area contributed by atoms with Crippen molar-refractivity contribution >= 4 is 58.3 Å². The van der Waals surface area contributed by atoms with Crippen LogP contribution in [-0.4, -0.2) is 47.3 Å². The molecule has 0 heterocycles. The number of carboxylic acids is 1. The molecular weight excluding hydrogens is 713 g/mol. The van der Waals surface area contributed by atoms with Crippen molar-refractivity contribution in [3.63, 3.8) is 0 Å². The molecule has 0 saturated heterocycles. The van der Waals surface area contributed by atoms with Gasteiger partial charge in [0.2, 0.25) is 0 Å². The van der Waals surface area contributed by atoms with Crippen LogP contribution in [0.2, 0.25) is 0 Å². The topological polar surface area (TPSA) is 180 Å². The zero-order valence-corrected chi connectivity index (χ0v) is 30.0. The van der Waals surface area contributed by atoms with Gasteiger partial charge in [0.15, 0.2) is 0 Å². The molecule has 5 N–H and O–H groups in total. The number of ether oxygens (including phenoxy) is 1. The molecule has 0 aliphatic rings. The van der Waals surface area contributed by atoms with Gasteiger partial charge in [0.1, 0.15) is 0 Å². The molecule has 12 nitrogen and oxygen atoms in total. The van der Waals surface area contributed by atoms with E-state index in [1.54, 1.807) is 146 Å². The number of aromatic carboxylic acids is 1. The highest BCUT2D eigenvalue weighted by molar-refractivity contribution is 6.15. The lowest BCUT2D eigenvalue weighted by Gasteiger charge is -2.13. The number of carboxylic acid groups (broad SMARTS) is 1. The first kappa shape index (κ1) is 39.3. The second-order valence-electron chi connectivity index (χ2n) is 11.8. The van der Waals surface area contributed by atoms with E-state index in [-0.39, 0.29) is 46.4 Å². The number of amides is 4. The number of benzene rings is 6. The number of hydrogen-bond acceptors (Lipinski definition) is 7. The Bertz CT molecular complexity index is 2360. The van der Waals surface area contributed by atoms with Gasteiger partial charge in [0.05, 0.1) is 51.6 Å². The molecule has 6 aromatic carbocycles. The lowest BCUT2D eigenvalue weighted by atomic mass is 10.1. The molecule has 280 valence electrons. The number of carbonyl (C=O) groups is 6. The molecule has 0 unspecified atom stereocenters. The highest BCUT2D eigenvalue weighted by Crippen LogP contribution is 2.23. The molecule has 0 bridgehead atoms. The molecule has 0 spiro atoms. The molecular formula is C44H36N4O8. The molecule has 12 heteroatoms. The highest BCUT2D eigenvalue weighted by Gasteiger charge is 2.19. The molecule has 0 aliphatic carbocycles. The van der Waals surface area contributed by atoms with E-state index in [0.717, 1.165) is 0 Å². The van der Waals surface area contributed by atoms with Crippen molar-refractivity contribution in [3.05, 3.63) is 191 Å². The van der Waals surface area contributed by atoms with Gasteiger partial charge in [0.25, 0.3) is 23.6 Å². The van der Waals surface area contributed by atoms with Crippen LogP contribution in [0.1, 0.15) is 69.1 Å². The summed E-state index contributed by atoms with van der Waals surface area (Å²) < 4.78 is 5.03. The van der Waals surface area contributed by atoms with Gasteiger partial charge in [-0.3, -0.25) is 19.2 Å². The van der Waals surface area contributed by atoms with E-state index >= 15 is 0 Å². The second kappa shape index (κ2) is 19.3. The largest absolute Gasteiger partial charge is 0.478 e. The number of carbonyl (C=O) groups excluding carboxylic acids is 5. The van der Waals surface area contributed by atoms with Gasteiger partial charge in [-0.05, 0) is 79.7 Å². The van der Waals surface area contributed by atoms with E-state index in [1.807, 2.05) is 6.07 Å². The number of esters is 1. The van der Waals surface area contributed by atoms with Gasteiger partial charge >= 0.3 is 11.9 Å². The highest BCUT2D eigenvalue weighted by atomic mass is 16.5. The van der Waals surface area contributed by atoms with Crippen LogP contribution in [0.15, 0.2) is 158 Å². The molecule has 0 aromatic heterocycles. The Kier molecular flexibility index (Phi) is 13.6. The summed E-state index contributed by atoms with van der Waals surface area (Å²) in [5, 5.41) is 20.0. The maximum Gasteiger partial charge on any atom is 0.340 e. The van der Waals surface area contributed by atoms with Gasteiger partial charge in [-0.1, -0.05) is 84.9 Å². The van der Waals surface area contributed by atoms with Crippen LogP contribution < -0.4 is 21.3 Å². The fourth-order valence-electron chi connectivity index (χ4n) is 5.29. The first-order chi connectivity index (χ1) is 27.2. The van der Waals surface area contributed by atoms with Crippen LogP contribution >= 0.6 is 0 Å². The van der Waals surface area contributed by atoms with Crippen molar-refractivity contribution in [2.24, 2.45) is 0 Å². The van der Waals surface area contributed by atoms with E-state index in [9.17, 15) is 33.9 Å². The van der Waals surface area contributed by atoms with Crippen molar-refractivity contribution in [1.29, 1.82) is 0 Å². The monoisotopic (exact) mass is 748 g/mol. The Labute approximate surface area is 322 Å². The lowest BCUT2D eigenvalue weighted by molar-refractivity contribution is 0.0526. The number of nitrogens with one attached hydrogen (secondary N) is 4. The quantitative estimate of drug-likeness (QED) is 0.0822. The molecule has 0 fully saturated rings. The molecule has 0 radical (unpaired) electrons. The van der Waals surface area contributed by atoms with E-state index < -0.39 is 23.8 Å². The Morgan fingerprint density at radius 2 is 0.714 bits per heavy atom. The minimum absolute atomic E-state index is 0.0170. The molecule has 0 saturated carbocycles. The number of hydrogen-bond donors (Lipinski definition) is 5. The summed E-state index contributed by atoms with van der Waals surface area (Å²) >= 11 is 0. The van der Waals surface area contributed by atoms with Gasteiger partial charge in [-0.25, -0.2) is 9.59 Å². The predicted octanol–water partition coefficient (Wildman–Crippen LogP) is 8.26. The van der Waals surface area contributed by atoms with Gasteiger partial charge < -0.3 is 31.1 Å². The third kappa shape index (κ3) is 10.4. The maximum absolute atomic E-state index is 12.9. The average Bonchev–Trinajstić information content (AvgIpc) is 3.22. The van der Waals surface area contributed by atoms with Crippen LogP contribution in [0.5, 0.6) is 0 Å². The van der Waals surface area contributed by atoms with Crippen LogP contribution in [0.4, 0.5) is 22.7 Å². The minimum Gasteiger partial charge on any atom is -0.478 e. The first-order valence-corrected chi connectivity index (χ1v) is 17.3. The molecule has 4 amide bonds. The molecule has 0 atom stereocenters. The van der Waals surface area contributed by atoms with E-state index in [2.05, 4.69) is 21.3 Å². The van der Waals surface area contributed by atoms with Gasteiger partial charge in [-0.15, -0.1) is 0 Å². The summed E-state index contributed by atoms with van der Waals surface area (Å²) in [6.07, 6.45) is 0. The first-order valence-electron chi connectivity index (χ1n) is 17.3. The molecule has 6 aromatic rings. The smallest absolute Gasteiger partial charge is 0.340 e. The third-order valence-corrected chi connectivity index (χ3v) is 7.99. The zero-order valence-electron chi connectivity index (χ0n) is 30.0. The number of para-hydroxylation sites is 4. The van der Waals surface area contributed by atoms with Crippen molar-refractivity contribution in [2.75, 3.05) is 27.9 Å². The molecule has 0 aliphatic heterocycles. The predicted molar refractivity (Wildman–Crippen MR) is 213 cm³/mol. The summed E-state index contributed by atoms with van der Waals surface area (Å²) in [7, 11) is 0. The second-order valence-corrected chi connectivity index (χ2v) is 11.8. The summed E-state index contributed by atoms with van der Waals surface area (Å²) in [5.41, 5.74) is 2.89. The van der Waals surface area contributed by atoms with E-state index in [0.29, 0.717) is 28.2 Å². The minimum atomic E-state index is -1.14. The summed E-state index contributed by atoms with van der Waals surface area (Å²) in [5.74, 6) is -3.30. The summed E-state index contributed by atoms with van der Waals surface area (Å²) in [4.78, 5) is 73.8. The Hall–Kier alpha value is -7.86. The fraction of sp³-hybridized carbons (Fsp3) is 0.0455. The average molecular weight is 749 g/mol. The Morgan fingerprint density at radius 1 is 0.411 bits per heavy atom. The Balaban J connectivity index is 0.000000215. The van der Waals surface area contributed by atoms with E-state index in [1.165, 1.54) is 12.1 Å². The third-order valence-electron chi connectivity index (χ3n) is 7.99. The number of rotatable bonds is 11. The van der Waals surface area contributed by atoms with Crippen molar-refractivity contribution in [2.45, 2.75) is 6.92 Å². The van der Waals surface area contributed by atoms with Gasteiger partial charge in [0, 0.05) is 11.1 Å². The van der Waals surface area contributed by atoms with Crippen molar-refractivity contribution in [1.82, 2.24) is 0 Å². The maximum atomic E-state index is 12.9.